The molecule has 1 heterocycles. The van der Waals surface area contributed by atoms with Crippen molar-refractivity contribution in [3.63, 3.8) is 0 Å². The molecule has 0 N–H and O–H groups in total. The van der Waals surface area contributed by atoms with Gasteiger partial charge >= 0.3 is 0 Å². The van der Waals surface area contributed by atoms with Crippen LogP contribution in [-0.2, 0) is 7.05 Å². The Bertz CT molecular complexity index is 232. The van der Waals surface area contributed by atoms with E-state index in [1.165, 1.54) is 4.80 Å². The van der Waals surface area contributed by atoms with Crippen LogP contribution in [0.25, 0.3) is 0 Å². The molecule has 0 bridgehead atoms. The van der Waals surface area contributed by atoms with Crippen molar-refractivity contribution >= 4 is 11.6 Å². The SMILES string of the molecule is CC(Cl)C(C)c1nnn(C)n1. The molecule has 0 amide bonds. The van der Waals surface area contributed by atoms with Gasteiger partial charge in [0.05, 0.1) is 7.05 Å². The fourth-order valence-corrected chi connectivity index (χ4v) is 0.799. The van der Waals surface area contributed by atoms with Crippen molar-refractivity contribution in [3.8, 4) is 0 Å². The maximum Gasteiger partial charge on any atom is 0.179 e. The van der Waals surface area contributed by atoms with Crippen LogP contribution in [0.4, 0.5) is 0 Å². The molecular formula is C6H11ClN4. The monoisotopic (exact) mass is 174 g/mol. The summed E-state index contributed by atoms with van der Waals surface area (Å²) in [5.41, 5.74) is 0. The lowest BCUT2D eigenvalue weighted by molar-refractivity contribution is 0.619. The Morgan fingerprint density at radius 2 is 2.09 bits per heavy atom. The molecule has 0 radical (unpaired) electrons. The minimum Gasteiger partial charge on any atom is -0.167 e. The predicted molar refractivity (Wildman–Crippen MR) is 42.5 cm³/mol. The molecular weight excluding hydrogens is 164 g/mol. The average molecular weight is 175 g/mol. The molecule has 2 unspecified atom stereocenters. The molecule has 11 heavy (non-hydrogen) atoms. The van der Waals surface area contributed by atoms with Crippen LogP contribution >= 0.6 is 11.6 Å². The molecule has 0 saturated heterocycles. The predicted octanol–water partition coefficient (Wildman–Crippen LogP) is 0.941. The molecule has 1 aromatic heterocycles. The standard InChI is InChI=1S/C6H11ClN4/c1-4(5(2)7)6-8-10-11(3)9-6/h4-5H,1-3H3. The van der Waals surface area contributed by atoms with E-state index < -0.39 is 0 Å². The van der Waals surface area contributed by atoms with Gasteiger partial charge in [0, 0.05) is 11.3 Å². The van der Waals surface area contributed by atoms with Gasteiger partial charge in [-0.05, 0) is 12.1 Å². The maximum atomic E-state index is 5.85. The molecule has 0 saturated carbocycles. The number of alkyl halides is 1. The van der Waals surface area contributed by atoms with E-state index in [2.05, 4.69) is 15.4 Å². The van der Waals surface area contributed by atoms with Crippen molar-refractivity contribution in [1.82, 2.24) is 20.2 Å². The van der Waals surface area contributed by atoms with Crippen LogP contribution in [0.5, 0.6) is 0 Å². The lowest BCUT2D eigenvalue weighted by Crippen LogP contribution is -2.07. The Morgan fingerprint density at radius 1 is 1.45 bits per heavy atom. The summed E-state index contributed by atoms with van der Waals surface area (Å²) in [6.07, 6.45) is 0. The first kappa shape index (κ1) is 8.46. The summed E-state index contributed by atoms with van der Waals surface area (Å²) in [7, 11) is 1.74. The Balaban J connectivity index is 2.76. The van der Waals surface area contributed by atoms with Gasteiger partial charge in [-0.2, -0.15) is 4.80 Å². The molecule has 0 aliphatic heterocycles. The molecule has 0 aromatic carbocycles. The van der Waals surface area contributed by atoms with Crippen LogP contribution in [0.15, 0.2) is 0 Å². The van der Waals surface area contributed by atoms with Crippen molar-refractivity contribution in [3.05, 3.63) is 5.82 Å². The number of aryl methyl sites for hydroxylation is 1. The summed E-state index contributed by atoms with van der Waals surface area (Å²) in [6, 6.07) is 0. The molecule has 62 valence electrons. The number of rotatable bonds is 2. The minimum atomic E-state index is 0.0409. The zero-order valence-corrected chi connectivity index (χ0v) is 7.58. The maximum absolute atomic E-state index is 5.85. The summed E-state index contributed by atoms with van der Waals surface area (Å²) in [5.74, 6) is 0.861. The van der Waals surface area contributed by atoms with E-state index in [1.807, 2.05) is 13.8 Å². The third-order valence-corrected chi connectivity index (χ3v) is 2.00. The first-order chi connectivity index (χ1) is 5.11. The molecule has 1 rings (SSSR count). The highest BCUT2D eigenvalue weighted by atomic mass is 35.5. The van der Waals surface area contributed by atoms with Gasteiger partial charge in [0.1, 0.15) is 0 Å². The number of aromatic nitrogens is 4. The van der Waals surface area contributed by atoms with Crippen molar-refractivity contribution in [2.24, 2.45) is 7.05 Å². The molecule has 2 atom stereocenters. The zero-order chi connectivity index (χ0) is 8.43. The van der Waals surface area contributed by atoms with Gasteiger partial charge in [0.25, 0.3) is 0 Å². The van der Waals surface area contributed by atoms with Crippen LogP contribution in [0.3, 0.4) is 0 Å². The summed E-state index contributed by atoms with van der Waals surface area (Å²) >= 11 is 5.85. The summed E-state index contributed by atoms with van der Waals surface area (Å²) < 4.78 is 0. The Labute approximate surface area is 70.5 Å². The number of hydrogen-bond donors (Lipinski definition) is 0. The van der Waals surface area contributed by atoms with Gasteiger partial charge in [-0.15, -0.1) is 21.8 Å². The highest BCUT2D eigenvalue weighted by Crippen LogP contribution is 2.17. The highest BCUT2D eigenvalue weighted by Gasteiger charge is 2.16. The number of hydrogen-bond acceptors (Lipinski definition) is 3. The van der Waals surface area contributed by atoms with E-state index in [0.29, 0.717) is 5.82 Å². The molecule has 0 aliphatic rings. The number of tetrazole rings is 1. The second kappa shape index (κ2) is 3.17. The normalized spacial score (nSPS) is 16.4. The van der Waals surface area contributed by atoms with Crippen molar-refractivity contribution in [2.75, 3.05) is 0 Å². The van der Waals surface area contributed by atoms with Gasteiger partial charge in [-0.1, -0.05) is 6.92 Å². The van der Waals surface area contributed by atoms with E-state index in [-0.39, 0.29) is 11.3 Å². The van der Waals surface area contributed by atoms with Crippen LogP contribution in [0.2, 0.25) is 0 Å². The van der Waals surface area contributed by atoms with Crippen LogP contribution in [-0.4, -0.2) is 25.6 Å². The molecule has 1 aromatic rings. The lowest BCUT2D eigenvalue weighted by atomic mass is 10.1. The summed E-state index contributed by atoms with van der Waals surface area (Å²) in [5, 5.41) is 11.7. The largest absolute Gasteiger partial charge is 0.179 e. The Morgan fingerprint density at radius 3 is 2.45 bits per heavy atom. The number of halogens is 1. The first-order valence-electron chi connectivity index (χ1n) is 3.49. The molecule has 5 heteroatoms. The van der Waals surface area contributed by atoms with E-state index in [4.69, 9.17) is 11.6 Å². The Hall–Kier alpha value is -0.640. The second-order valence-electron chi connectivity index (χ2n) is 2.60. The van der Waals surface area contributed by atoms with E-state index >= 15 is 0 Å². The minimum absolute atomic E-state index is 0.0409. The van der Waals surface area contributed by atoms with Gasteiger partial charge < -0.3 is 0 Å². The van der Waals surface area contributed by atoms with Gasteiger partial charge in [-0.25, -0.2) is 0 Å². The van der Waals surface area contributed by atoms with Crippen molar-refractivity contribution < 1.29 is 0 Å². The van der Waals surface area contributed by atoms with Crippen LogP contribution < -0.4 is 0 Å². The highest BCUT2D eigenvalue weighted by molar-refractivity contribution is 6.20. The van der Waals surface area contributed by atoms with Gasteiger partial charge in [0.2, 0.25) is 0 Å². The van der Waals surface area contributed by atoms with Gasteiger partial charge in [-0.3, -0.25) is 0 Å². The smallest absolute Gasteiger partial charge is 0.167 e. The number of nitrogens with zero attached hydrogens (tertiary/aromatic N) is 4. The van der Waals surface area contributed by atoms with Gasteiger partial charge in [0.15, 0.2) is 5.82 Å². The first-order valence-corrected chi connectivity index (χ1v) is 3.93. The van der Waals surface area contributed by atoms with Crippen molar-refractivity contribution in [1.29, 1.82) is 0 Å². The molecule has 0 spiro atoms. The van der Waals surface area contributed by atoms with Crippen LogP contribution in [0.1, 0.15) is 25.6 Å². The Kier molecular flexibility index (Phi) is 2.44. The summed E-state index contributed by atoms with van der Waals surface area (Å²) in [4.78, 5) is 1.44. The third kappa shape index (κ3) is 1.89. The van der Waals surface area contributed by atoms with Crippen molar-refractivity contribution in [2.45, 2.75) is 25.1 Å². The van der Waals surface area contributed by atoms with E-state index in [9.17, 15) is 0 Å². The summed E-state index contributed by atoms with van der Waals surface area (Å²) in [6.45, 7) is 3.90. The van der Waals surface area contributed by atoms with E-state index in [1.54, 1.807) is 7.05 Å². The van der Waals surface area contributed by atoms with E-state index in [0.717, 1.165) is 0 Å². The van der Waals surface area contributed by atoms with Crippen LogP contribution in [0, 0.1) is 0 Å². The fourth-order valence-electron chi connectivity index (χ4n) is 0.686. The topological polar surface area (TPSA) is 43.6 Å². The third-order valence-electron chi connectivity index (χ3n) is 1.62. The molecule has 4 nitrogen and oxygen atoms in total. The average Bonchev–Trinajstić information content (AvgIpc) is 2.34. The molecule has 0 fully saturated rings. The zero-order valence-electron chi connectivity index (χ0n) is 6.82. The fraction of sp³-hybridized carbons (Fsp3) is 0.833. The molecule has 0 aliphatic carbocycles. The quantitative estimate of drug-likeness (QED) is 0.627. The second-order valence-corrected chi connectivity index (χ2v) is 3.29. The lowest BCUT2D eigenvalue weighted by Gasteiger charge is -2.07.